The molecule has 1 fully saturated rings. The smallest absolute Gasteiger partial charge is 0.240 e. The van der Waals surface area contributed by atoms with Crippen molar-refractivity contribution in [2.24, 2.45) is 0 Å². The average Bonchev–Trinajstić information content (AvgIpc) is 2.62. The Morgan fingerprint density at radius 3 is 2.59 bits per heavy atom. The highest BCUT2D eigenvalue weighted by Gasteiger charge is 2.31. The van der Waals surface area contributed by atoms with Crippen molar-refractivity contribution < 1.29 is 23.1 Å². The summed E-state index contributed by atoms with van der Waals surface area (Å²) in [5.41, 5.74) is 0. The Morgan fingerprint density at radius 2 is 1.96 bits per heavy atom. The Labute approximate surface area is 160 Å². The Morgan fingerprint density at radius 1 is 1.26 bits per heavy atom. The molecule has 3 atom stereocenters. The van der Waals surface area contributed by atoms with Crippen molar-refractivity contribution >= 4 is 15.9 Å². The highest BCUT2D eigenvalue weighted by atomic mass is 32.2. The standard InChI is InChI=1S/C18H29N3O5S/c1-21(2)12-18(23)20-16-9-8-14(26-17(16)13-22)10-11-19-27(24,25)15-6-4-3-5-7-15/h3-7,14,16-17,19,22H,8-13H2,1-2H3,(H,20,23)/t14-,16+,17-/m1/s1. The maximum Gasteiger partial charge on any atom is 0.240 e. The number of benzene rings is 1. The molecule has 1 aliphatic heterocycles. The summed E-state index contributed by atoms with van der Waals surface area (Å²) in [5.74, 6) is -0.110. The van der Waals surface area contributed by atoms with E-state index >= 15 is 0 Å². The van der Waals surface area contributed by atoms with Gasteiger partial charge in [-0.1, -0.05) is 18.2 Å². The van der Waals surface area contributed by atoms with Gasteiger partial charge in [0.1, 0.15) is 6.10 Å². The number of aliphatic hydroxyl groups excluding tert-OH is 1. The molecule has 9 heteroatoms. The number of likely N-dealkylation sites (N-methyl/N-ethyl adjacent to an activating group) is 1. The third-order valence-corrected chi connectivity index (χ3v) is 5.89. The average molecular weight is 400 g/mol. The minimum atomic E-state index is -3.54. The summed E-state index contributed by atoms with van der Waals surface area (Å²) in [6.45, 7) is 0.330. The summed E-state index contributed by atoms with van der Waals surface area (Å²) in [4.78, 5) is 13.9. The maximum absolute atomic E-state index is 12.2. The number of sulfonamides is 1. The second kappa shape index (κ2) is 10.1. The molecule has 3 N–H and O–H groups in total. The van der Waals surface area contributed by atoms with E-state index in [1.54, 1.807) is 35.2 Å². The third kappa shape index (κ3) is 6.86. The summed E-state index contributed by atoms with van der Waals surface area (Å²) >= 11 is 0. The van der Waals surface area contributed by atoms with Gasteiger partial charge in [0.05, 0.1) is 30.2 Å². The normalized spacial score (nSPS) is 23.3. The molecule has 27 heavy (non-hydrogen) atoms. The lowest BCUT2D eigenvalue weighted by Gasteiger charge is -2.36. The largest absolute Gasteiger partial charge is 0.394 e. The summed E-state index contributed by atoms with van der Waals surface area (Å²) in [7, 11) is 0.0900. The fraction of sp³-hybridized carbons (Fsp3) is 0.611. The van der Waals surface area contributed by atoms with E-state index in [-0.39, 0.29) is 42.6 Å². The van der Waals surface area contributed by atoms with Gasteiger partial charge in [0.2, 0.25) is 15.9 Å². The number of aliphatic hydroxyl groups is 1. The van der Waals surface area contributed by atoms with E-state index in [4.69, 9.17) is 4.74 Å². The van der Waals surface area contributed by atoms with Crippen LogP contribution >= 0.6 is 0 Å². The maximum atomic E-state index is 12.2. The van der Waals surface area contributed by atoms with Gasteiger partial charge >= 0.3 is 0 Å². The van der Waals surface area contributed by atoms with Gasteiger partial charge in [-0.15, -0.1) is 0 Å². The first-order valence-electron chi connectivity index (χ1n) is 9.07. The van der Waals surface area contributed by atoms with Crippen molar-refractivity contribution in [3.63, 3.8) is 0 Å². The molecule has 1 amide bonds. The molecular weight excluding hydrogens is 370 g/mol. The molecule has 1 saturated heterocycles. The molecule has 0 radical (unpaired) electrons. The first kappa shape index (κ1) is 21.8. The molecule has 0 unspecified atom stereocenters. The van der Waals surface area contributed by atoms with Crippen molar-refractivity contribution in [3.8, 4) is 0 Å². The zero-order valence-electron chi connectivity index (χ0n) is 15.8. The van der Waals surface area contributed by atoms with Crippen molar-refractivity contribution in [2.45, 2.75) is 42.4 Å². The number of hydrogen-bond acceptors (Lipinski definition) is 6. The number of nitrogens with one attached hydrogen (secondary N) is 2. The van der Waals surface area contributed by atoms with E-state index < -0.39 is 16.1 Å². The topological polar surface area (TPSA) is 108 Å². The molecular formula is C18H29N3O5S. The fourth-order valence-corrected chi connectivity index (χ4v) is 4.15. The first-order valence-corrected chi connectivity index (χ1v) is 10.5. The summed E-state index contributed by atoms with van der Waals surface area (Å²) in [6, 6.07) is 7.96. The highest BCUT2D eigenvalue weighted by molar-refractivity contribution is 7.89. The molecule has 1 aromatic rings. The zero-order chi connectivity index (χ0) is 19.9. The lowest BCUT2D eigenvalue weighted by molar-refractivity contribution is -0.128. The molecule has 1 aliphatic rings. The minimum absolute atomic E-state index is 0.110. The zero-order valence-corrected chi connectivity index (χ0v) is 16.6. The Kier molecular flexibility index (Phi) is 8.18. The van der Waals surface area contributed by atoms with E-state index in [0.717, 1.165) is 0 Å². The van der Waals surface area contributed by atoms with Crippen LogP contribution < -0.4 is 10.0 Å². The van der Waals surface area contributed by atoms with Crippen LogP contribution in [-0.4, -0.2) is 76.4 Å². The first-order chi connectivity index (χ1) is 12.8. The summed E-state index contributed by atoms with van der Waals surface area (Å²) in [5, 5.41) is 12.5. The Hall–Kier alpha value is -1.52. The number of carbonyl (C=O) groups is 1. The minimum Gasteiger partial charge on any atom is -0.394 e. The third-order valence-electron chi connectivity index (χ3n) is 4.41. The lowest BCUT2D eigenvalue weighted by atomic mass is 9.97. The van der Waals surface area contributed by atoms with Gasteiger partial charge < -0.3 is 20.1 Å². The SMILES string of the molecule is CN(C)CC(=O)N[C@H]1CC[C@H](CCNS(=O)(=O)c2ccccc2)O[C@@H]1CO. The summed E-state index contributed by atoms with van der Waals surface area (Å²) < 4.78 is 32.9. The van der Waals surface area contributed by atoms with Gasteiger partial charge in [-0.2, -0.15) is 0 Å². The van der Waals surface area contributed by atoms with Gasteiger partial charge in [-0.25, -0.2) is 13.1 Å². The van der Waals surface area contributed by atoms with E-state index in [1.807, 2.05) is 14.1 Å². The van der Waals surface area contributed by atoms with Crippen LogP contribution in [0, 0.1) is 0 Å². The van der Waals surface area contributed by atoms with Crippen LogP contribution in [0.25, 0.3) is 0 Å². The molecule has 152 valence electrons. The van der Waals surface area contributed by atoms with Crippen LogP contribution in [0.15, 0.2) is 35.2 Å². The predicted molar refractivity (Wildman–Crippen MR) is 102 cm³/mol. The van der Waals surface area contributed by atoms with Crippen molar-refractivity contribution in [2.75, 3.05) is 33.8 Å². The molecule has 1 heterocycles. The Bertz CT molecular complexity index is 696. The van der Waals surface area contributed by atoms with Gasteiger partial charge in [-0.3, -0.25) is 4.79 Å². The van der Waals surface area contributed by atoms with Crippen LogP contribution in [0.4, 0.5) is 0 Å². The second-order valence-corrected chi connectivity index (χ2v) is 8.73. The lowest BCUT2D eigenvalue weighted by Crippen LogP contribution is -2.52. The van der Waals surface area contributed by atoms with Crippen LogP contribution in [0.1, 0.15) is 19.3 Å². The van der Waals surface area contributed by atoms with E-state index in [0.29, 0.717) is 19.3 Å². The predicted octanol–water partition coefficient (Wildman–Crippen LogP) is -0.0587. The molecule has 8 nitrogen and oxygen atoms in total. The molecule has 0 saturated carbocycles. The number of hydrogen-bond donors (Lipinski definition) is 3. The highest BCUT2D eigenvalue weighted by Crippen LogP contribution is 2.22. The number of rotatable bonds is 9. The van der Waals surface area contributed by atoms with E-state index in [2.05, 4.69) is 10.0 Å². The fourth-order valence-electron chi connectivity index (χ4n) is 3.09. The van der Waals surface area contributed by atoms with E-state index in [1.165, 1.54) is 0 Å². The van der Waals surface area contributed by atoms with Crippen molar-refractivity contribution in [1.29, 1.82) is 0 Å². The van der Waals surface area contributed by atoms with Gasteiger partial charge in [0.15, 0.2) is 0 Å². The summed E-state index contributed by atoms with van der Waals surface area (Å²) in [6.07, 6.45) is 1.22. The molecule has 0 spiro atoms. The number of carbonyl (C=O) groups excluding carboxylic acids is 1. The van der Waals surface area contributed by atoms with Crippen LogP contribution in [0.3, 0.4) is 0 Å². The van der Waals surface area contributed by atoms with Crippen LogP contribution in [0.2, 0.25) is 0 Å². The van der Waals surface area contributed by atoms with Crippen LogP contribution in [0.5, 0.6) is 0 Å². The number of amides is 1. The van der Waals surface area contributed by atoms with E-state index in [9.17, 15) is 18.3 Å². The number of nitrogens with zero attached hydrogens (tertiary/aromatic N) is 1. The monoisotopic (exact) mass is 399 g/mol. The number of ether oxygens (including phenoxy) is 1. The molecule has 0 aromatic heterocycles. The molecule has 0 bridgehead atoms. The van der Waals surface area contributed by atoms with Gasteiger partial charge in [-0.05, 0) is 45.5 Å². The Balaban J connectivity index is 1.80. The van der Waals surface area contributed by atoms with Gasteiger partial charge in [0, 0.05) is 6.54 Å². The second-order valence-electron chi connectivity index (χ2n) is 6.97. The quantitative estimate of drug-likeness (QED) is 0.537. The molecule has 2 rings (SSSR count). The molecule has 0 aliphatic carbocycles. The van der Waals surface area contributed by atoms with Gasteiger partial charge in [0.25, 0.3) is 0 Å². The van der Waals surface area contributed by atoms with Crippen molar-refractivity contribution in [3.05, 3.63) is 30.3 Å². The van der Waals surface area contributed by atoms with Crippen LogP contribution in [-0.2, 0) is 19.6 Å². The molecule has 1 aromatic carbocycles. The van der Waals surface area contributed by atoms with Crippen molar-refractivity contribution in [1.82, 2.24) is 14.9 Å².